The number of benzene rings is 2. The van der Waals surface area contributed by atoms with Crippen LogP contribution >= 0.6 is 0 Å². The van der Waals surface area contributed by atoms with Crippen LogP contribution in [0.3, 0.4) is 0 Å². The van der Waals surface area contributed by atoms with E-state index < -0.39 is 0 Å². The highest BCUT2D eigenvalue weighted by Crippen LogP contribution is 2.28. The molecule has 154 valence electrons. The summed E-state index contributed by atoms with van der Waals surface area (Å²) in [6.07, 6.45) is 4.66. The Labute approximate surface area is 175 Å². The molecule has 3 aromatic rings. The third kappa shape index (κ3) is 5.35. The van der Waals surface area contributed by atoms with Crippen LogP contribution in [0.2, 0.25) is 0 Å². The molecular formula is C23H23N3O4. The van der Waals surface area contributed by atoms with Gasteiger partial charge in [0.1, 0.15) is 12.1 Å². The van der Waals surface area contributed by atoms with E-state index in [2.05, 4.69) is 15.3 Å². The fraction of sp³-hybridized carbons (Fsp3) is 0.174. The van der Waals surface area contributed by atoms with E-state index in [1.807, 2.05) is 36.4 Å². The van der Waals surface area contributed by atoms with Gasteiger partial charge in [-0.15, -0.1) is 0 Å². The van der Waals surface area contributed by atoms with Crippen molar-refractivity contribution in [3.05, 3.63) is 72.2 Å². The number of nitrogens with one attached hydrogen (secondary N) is 1. The molecule has 1 heterocycles. The number of amides is 1. The van der Waals surface area contributed by atoms with Crippen molar-refractivity contribution in [2.75, 3.05) is 21.3 Å². The second-order valence-corrected chi connectivity index (χ2v) is 6.29. The zero-order valence-electron chi connectivity index (χ0n) is 17.1. The maximum Gasteiger partial charge on any atom is 0.244 e. The summed E-state index contributed by atoms with van der Waals surface area (Å²) in [5.74, 6) is 1.79. The Morgan fingerprint density at radius 1 is 0.933 bits per heavy atom. The molecule has 0 atom stereocenters. The quantitative estimate of drug-likeness (QED) is 0.578. The second-order valence-electron chi connectivity index (χ2n) is 6.29. The van der Waals surface area contributed by atoms with Crippen LogP contribution in [0.25, 0.3) is 17.3 Å². The standard InChI is InChI=1S/C23H23N3O4/c1-28-19-8-6-17(7-9-19)20-13-18(25-15-26-20)14-24-23(27)11-5-16-4-10-21(29-2)22(12-16)30-3/h4-13,15H,14H2,1-3H3,(H,24,27)/b11-5+. The monoisotopic (exact) mass is 405 g/mol. The summed E-state index contributed by atoms with van der Waals surface area (Å²) >= 11 is 0. The van der Waals surface area contributed by atoms with Gasteiger partial charge in [-0.2, -0.15) is 0 Å². The highest BCUT2D eigenvalue weighted by atomic mass is 16.5. The lowest BCUT2D eigenvalue weighted by molar-refractivity contribution is -0.116. The van der Waals surface area contributed by atoms with Crippen molar-refractivity contribution in [1.82, 2.24) is 15.3 Å². The van der Waals surface area contributed by atoms with Crippen molar-refractivity contribution in [3.63, 3.8) is 0 Å². The first-order valence-corrected chi connectivity index (χ1v) is 9.26. The predicted molar refractivity (Wildman–Crippen MR) is 114 cm³/mol. The van der Waals surface area contributed by atoms with Crippen LogP contribution in [0.5, 0.6) is 17.2 Å². The van der Waals surface area contributed by atoms with Crippen LogP contribution in [0.1, 0.15) is 11.3 Å². The van der Waals surface area contributed by atoms with Gasteiger partial charge >= 0.3 is 0 Å². The van der Waals surface area contributed by atoms with E-state index in [0.717, 1.165) is 22.6 Å². The molecule has 0 radical (unpaired) electrons. The van der Waals surface area contributed by atoms with Crippen LogP contribution < -0.4 is 19.5 Å². The van der Waals surface area contributed by atoms with Crippen molar-refractivity contribution >= 4 is 12.0 Å². The van der Waals surface area contributed by atoms with Gasteiger partial charge in [-0.1, -0.05) is 6.07 Å². The molecular weight excluding hydrogens is 382 g/mol. The fourth-order valence-corrected chi connectivity index (χ4v) is 2.78. The smallest absolute Gasteiger partial charge is 0.244 e. The maximum atomic E-state index is 12.2. The number of aromatic nitrogens is 2. The van der Waals surface area contributed by atoms with Gasteiger partial charge in [0.25, 0.3) is 0 Å². The minimum absolute atomic E-state index is 0.227. The topological polar surface area (TPSA) is 82.6 Å². The Hall–Kier alpha value is -3.87. The Balaban J connectivity index is 1.61. The lowest BCUT2D eigenvalue weighted by Crippen LogP contribution is -2.20. The third-order valence-electron chi connectivity index (χ3n) is 4.39. The summed E-state index contributed by atoms with van der Waals surface area (Å²) in [5.41, 5.74) is 3.26. The van der Waals surface area contributed by atoms with E-state index in [-0.39, 0.29) is 5.91 Å². The summed E-state index contributed by atoms with van der Waals surface area (Å²) in [6, 6.07) is 14.9. The number of ether oxygens (including phenoxy) is 3. The number of hydrogen-bond donors (Lipinski definition) is 1. The Morgan fingerprint density at radius 3 is 2.40 bits per heavy atom. The molecule has 0 saturated carbocycles. The van der Waals surface area contributed by atoms with Crippen molar-refractivity contribution in [1.29, 1.82) is 0 Å². The van der Waals surface area contributed by atoms with Crippen molar-refractivity contribution in [2.24, 2.45) is 0 Å². The van der Waals surface area contributed by atoms with Gasteiger partial charge in [0.2, 0.25) is 5.91 Å². The average Bonchev–Trinajstić information content (AvgIpc) is 2.81. The van der Waals surface area contributed by atoms with Gasteiger partial charge in [0, 0.05) is 11.6 Å². The SMILES string of the molecule is COc1ccc(-c2cc(CNC(=O)/C=C/c3ccc(OC)c(OC)c3)ncn2)cc1. The molecule has 0 aliphatic rings. The molecule has 0 saturated heterocycles. The number of methoxy groups -OCH3 is 3. The Morgan fingerprint density at radius 2 is 1.70 bits per heavy atom. The Bertz CT molecular complexity index is 1030. The normalized spacial score (nSPS) is 10.6. The molecule has 0 aliphatic carbocycles. The van der Waals surface area contributed by atoms with Gasteiger partial charge in [-0.05, 0) is 54.1 Å². The third-order valence-corrected chi connectivity index (χ3v) is 4.39. The van der Waals surface area contributed by atoms with E-state index >= 15 is 0 Å². The lowest BCUT2D eigenvalue weighted by atomic mass is 10.1. The molecule has 1 aromatic heterocycles. The van der Waals surface area contributed by atoms with Crippen molar-refractivity contribution in [2.45, 2.75) is 6.54 Å². The Kier molecular flexibility index (Phi) is 7.00. The van der Waals surface area contributed by atoms with Crippen LogP contribution in [0.15, 0.2) is 60.9 Å². The number of nitrogens with zero attached hydrogens (tertiary/aromatic N) is 2. The number of hydrogen-bond acceptors (Lipinski definition) is 6. The molecule has 0 unspecified atom stereocenters. The largest absolute Gasteiger partial charge is 0.497 e. The molecule has 0 bridgehead atoms. The first-order chi connectivity index (χ1) is 14.6. The summed E-state index contributed by atoms with van der Waals surface area (Å²) in [7, 11) is 4.77. The minimum Gasteiger partial charge on any atom is -0.497 e. The van der Waals surface area contributed by atoms with E-state index in [1.54, 1.807) is 39.5 Å². The maximum absolute atomic E-state index is 12.2. The minimum atomic E-state index is -0.227. The number of rotatable bonds is 8. The van der Waals surface area contributed by atoms with E-state index in [0.29, 0.717) is 23.7 Å². The van der Waals surface area contributed by atoms with Gasteiger partial charge < -0.3 is 19.5 Å². The van der Waals surface area contributed by atoms with Gasteiger partial charge in [0.05, 0.1) is 39.3 Å². The molecule has 3 rings (SSSR count). The van der Waals surface area contributed by atoms with Gasteiger partial charge in [-0.3, -0.25) is 4.79 Å². The number of carbonyl (C=O) groups is 1. The van der Waals surface area contributed by atoms with E-state index in [9.17, 15) is 4.79 Å². The summed E-state index contributed by atoms with van der Waals surface area (Å²) in [6.45, 7) is 0.292. The average molecular weight is 405 g/mol. The first-order valence-electron chi connectivity index (χ1n) is 9.26. The molecule has 1 amide bonds. The summed E-state index contributed by atoms with van der Waals surface area (Å²) < 4.78 is 15.7. The molecule has 0 fully saturated rings. The first kappa shape index (κ1) is 20.9. The van der Waals surface area contributed by atoms with Crippen LogP contribution in [0, 0.1) is 0 Å². The van der Waals surface area contributed by atoms with E-state index in [4.69, 9.17) is 14.2 Å². The zero-order chi connectivity index (χ0) is 21.3. The summed E-state index contributed by atoms with van der Waals surface area (Å²) in [4.78, 5) is 20.7. The molecule has 1 N–H and O–H groups in total. The molecule has 30 heavy (non-hydrogen) atoms. The lowest BCUT2D eigenvalue weighted by Gasteiger charge is -2.07. The second kappa shape index (κ2) is 10.1. The molecule has 2 aromatic carbocycles. The van der Waals surface area contributed by atoms with Crippen molar-refractivity contribution in [3.8, 4) is 28.5 Å². The summed E-state index contributed by atoms with van der Waals surface area (Å²) in [5, 5.41) is 2.83. The van der Waals surface area contributed by atoms with E-state index in [1.165, 1.54) is 12.4 Å². The van der Waals surface area contributed by atoms with Crippen LogP contribution in [0.4, 0.5) is 0 Å². The van der Waals surface area contributed by atoms with Crippen LogP contribution in [-0.2, 0) is 11.3 Å². The molecule has 0 spiro atoms. The zero-order valence-corrected chi connectivity index (χ0v) is 17.1. The fourth-order valence-electron chi connectivity index (χ4n) is 2.78. The van der Waals surface area contributed by atoms with Crippen molar-refractivity contribution < 1.29 is 19.0 Å². The predicted octanol–water partition coefficient (Wildman–Crippen LogP) is 3.50. The molecule has 0 aliphatic heterocycles. The molecule has 7 nitrogen and oxygen atoms in total. The highest BCUT2D eigenvalue weighted by Gasteiger charge is 2.05. The van der Waals surface area contributed by atoms with Gasteiger partial charge in [-0.25, -0.2) is 9.97 Å². The number of carbonyl (C=O) groups excluding carboxylic acids is 1. The highest BCUT2D eigenvalue weighted by molar-refractivity contribution is 5.91. The van der Waals surface area contributed by atoms with Gasteiger partial charge in [0.15, 0.2) is 11.5 Å². The van der Waals surface area contributed by atoms with Crippen LogP contribution in [-0.4, -0.2) is 37.2 Å². The molecule has 7 heteroatoms.